The van der Waals surface area contributed by atoms with Gasteiger partial charge in [0.25, 0.3) is 0 Å². The molecule has 1 atom stereocenters. The van der Waals surface area contributed by atoms with E-state index >= 15 is 0 Å². The second-order valence-electron chi connectivity index (χ2n) is 5.61. The number of carbonyl (C=O) groups excluding carboxylic acids is 1. The van der Waals surface area contributed by atoms with Gasteiger partial charge in [-0.05, 0) is 44.2 Å². The first-order chi connectivity index (χ1) is 8.63. The van der Waals surface area contributed by atoms with E-state index in [-0.39, 0.29) is 11.9 Å². The van der Waals surface area contributed by atoms with Crippen molar-refractivity contribution in [2.45, 2.75) is 45.6 Å². The van der Waals surface area contributed by atoms with Crippen molar-refractivity contribution in [1.29, 1.82) is 0 Å². The second-order valence-corrected chi connectivity index (χ2v) is 5.61. The summed E-state index contributed by atoms with van der Waals surface area (Å²) in [4.78, 5) is 11.9. The lowest BCUT2D eigenvalue weighted by molar-refractivity contribution is -0.122. The first-order valence-electron chi connectivity index (χ1n) is 7.12. The minimum Gasteiger partial charge on any atom is -0.383 e. The molecule has 106 valence electrons. The zero-order valence-corrected chi connectivity index (χ0v) is 12.0. The quantitative estimate of drug-likeness (QED) is 0.726. The maximum absolute atomic E-state index is 11.9. The molecular weight excluding hydrogens is 228 g/mol. The minimum atomic E-state index is 0.135. The molecule has 0 aliphatic carbocycles. The number of rotatable bonds is 7. The number of ether oxygens (including phenoxy) is 1. The van der Waals surface area contributed by atoms with E-state index in [0.29, 0.717) is 18.9 Å². The summed E-state index contributed by atoms with van der Waals surface area (Å²) in [5.74, 6) is 1.30. The Morgan fingerprint density at radius 3 is 2.61 bits per heavy atom. The van der Waals surface area contributed by atoms with E-state index in [9.17, 15) is 4.79 Å². The van der Waals surface area contributed by atoms with Crippen molar-refractivity contribution in [3.8, 4) is 0 Å². The molecular formula is C14H28N2O2. The highest BCUT2D eigenvalue weighted by atomic mass is 16.5. The van der Waals surface area contributed by atoms with Crippen LogP contribution >= 0.6 is 0 Å². The van der Waals surface area contributed by atoms with Crippen molar-refractivity contribution < 1.29 is 9.53 Å². The Morgan fingerprint density at radius 2 is 2.06 bits per heavy atom. The fourth-order valence-corrected chi connectivity index (χ4v) is 2.36. The molecule has 1 amide bonds. The van der Waals surface area contributed by atoms with Crippen LogP contribution in [0, 0.1) is 11.8 Å². The third-order valence-corrected chi connectivity index (χ3v) is 3.74. The first-order valence-corrected chi connectivity index (χ1v) is 7.12. The van der Waals surface area contributed by atoms with Gasteiger partial charge in [-0.25, -0.2) is 0 Å². The molecule has 1 aliphatic rings. The molecule has 0 spiro atoms. The van der Waals surface area contributed by atoms with Crippen LogP contribution in [-0.4, -0.2) is 38.8 Å². The van der Waals surface area contributed by atoms with Crippen molar-refractivity contribution >= 4 is 5.91 Å². The summed E-state index contributed by atoms with van der Waals surface area (Å²) in [7, 11) is 1.68. The molecule has 1 heterocycles. The third kappa shape index (κ3) is 5.83. The van der Waals surface area contributed by atoms with Crippen LogP contribution in [-0.2, 0) is 9.53 Å². The number of hydrogen-bond acceptors (Lipinski definition) is 3. The Hall–Kier alpha value is -0.610. The zero-order valence-electron chi connectivity index (χ0n) is 12.0. The van der Waals surface area contributed by atoms with Crippen LogP contribution in [0.5, 0.6) is 0 Å². The van der Waals surface area contributed by atoms with Crippen LogP contribution in [0.25, 0.3) is 0 Å². The van der Waals surface area contributed by atoms with Crippen molar-refractivity contribution in [2.24, 2.45) is 11.8 Å². The van der Waals surface area contributed by atoms with Crippen molar-refractivity contribution in [1.82, 2.24) is 10.6 Å². The normalized spacial score (nSPS) is 18.9. The summed E-state index contributed by atoms with van der Waals surface area (Å²) < 4.78 is 5.14. The number of hydrogen-bond donors (Lipinski definition) is 2. The molecule has 0 aromatic rings. The number of methoxy groups -OCH3 is 1. The molecule has 4 nitrogen and oxygen atoms in total. The van der Waals surface area contributed by atoms with Crippen LogP contribution in [0.2, 0.25) is 0 Å². The highest BCUT2D eigenvalue weighted by Crippen LogP contribution is 2.17. The molecule has 0 aromatic heterocycles. The van der Waals surface area contributed by atoms with Crippen LogP contribution in [0.15, 0.2) is 0 Å². The molecule has 0 aromatic carbocycles. The van der Waals surface area contributed by atoms with Gasteiger partial charge in [-0.3, -0.25) is 4.79 Å². The first kappa shape index (κ1) is 15.4. The van der Waals surface area contributed by atoms with Gasteiger partial charge in [-0.2, -0.15) is 0 Å². The van der Waals surface area contributed by atoms with E-state index in [2.05, 4.69) is 24.5 Å². The highest BCUT2D eigenvalue weighted by molar-refractivity contribution is 5.76. The summed E-state index contributed by atoms with van der Waals surface area (Å²) >= 11 is 0. The maximum atomic E-state index is 11.9. The lowest BCUT2D eigenvalue weighted by Crippen LogP contribution is -2.41. The topological polar surface area (TPSA) is 50.4 Å². The smallest absolute Gasteiger partial charge is 0.220 e. The molecule has 2 N–H and O–H groups in total. The second kappa shape index (κ2) is 8.48. The SMILES string of the molecule is COCC(NC(=O)CCC1CCNCC1)C(C)C. The predicted molar refractivity (Wildman–Crippen MR) is 73.5 cm³/mol. The lowest BCUT2D eigenvalue weighted by atomic mass is 9.93. The van der Waals surface area contributed by atoms with Gasteiger partial charge in [-0.1, -0.05) is 13.8 Å². The fourth-order valence-electron chi connectivity index (χ4n) is 2.36. The summed E-state index contributed by atoms with van der Waals surface area (Å²) in [6.45, 7) is 7.01. The molecule has 0 bridgehead atoms. The van der Waals surface area contributed by atoms with Crippen molar-refractivity contribution in [3.05, 3.63) is 0 Å². The van der Waals surface area contributed by atoms with Crippen LogP contribution in [0.4, 0.5) is 0 Å². The molecule has 0 saturated carbocycles. The molecule has 4 heteroatoms. The van der Waals surface area contributed by atoms with Crippen LogP contribution in [0.3, 0.4) is 0 Å². The van der Waals surface area contributed by atoms with Gasteiger partial charge < -0.3 is 15.4 Å². The van der Waals surface area contributed by atoms with Gasteiger partial charge in [0.1, 0.15) is 0 Å². The number of nitrogens with one attached hydrogen (secondary N) is 2. The fraction of sp³-hybridized carbons (Fsp3) is 0.929. The van der Waals surface area contributed by atoms with E-state index in [1.165, 1.54) is 12.8 Å². The van der Waals surface area contributed by atoms with E-state index < -0.39 is 0 Å². The van der Waals surface area contributed by atoms with Crippen LogP contribution in [0.1, 0.15) is 39.5 Å². The van der Waals surface area contributed by atoms with E-state index in [1.807, 2.05) is 0 Å². The predicted octanol–water partition coefficient (Wildman–Crippen LogP) is 1.55. The molecule has 1 saturated heterocycles. The maximum Gasteiger partial charge on any atom is 0.220 e. The van der Waals surface area contributed by atoms with Crippen molar-refractivity contribution in [2.75, 3.05) is 26.8 Å². The number of piperidine rings is 1. The summed E-state index contributed by atoms with van der Waals surface area (Å²) in [6.07, 6.45) is 4.08. The monoisotopic (exact) mass is 256 g/mol. The average Bonchev–Trinajstić information content (AvgIpc) is 2.37. The van der Waals surface area contributed by atoms with Gasteiger partial charge in [0.2, 0.25) is 5.91 Å². The van der Waals surface area contributed by atoms with E-state index in [4.69, 9.17) is 4.74 Å². The molecule has 1 rings (SSSR count). The minimum absolute atomic E-state index is 0.135. The van der Waals surface area contributed by atoms with Gasteiger partial charge >= 0.3 is 0 Å². The van der Waals surface area contributed by atoms with E-state index in [1.54, 1.807) is 7.11 Å². The highest BCUT2D eigenvalue weighted by Gasteiger charge is 2.18. The average molecular weight is 256 g/mol. The molecule has 1 aliphatic heterocycles. The third-order valence-electron chi connectivity index (χ3n) is 3.74. The Morgan fingerprint density at radius 1 is 1.39 bits per heavy atom. The standard InChI is InChI=1S/C14H28N2O2/c1-11(2)13(10-18-3)16-14(17)5-4-12-6-8-15-9-7-12/h11-13,15H,4-10H2,1-3H3,(H,16,17). The zero-order chi connectivity index (χ0) is 13.4. The molecule has 18 heavy (non-hydrogen) atoms. The summed E-state index contributed by atoms with van der Waals surface area (Å²) in [5, 5.41) is 6.43. The van der Waals surface area contributed by atoms with Crippen molar-refractivity contribution in [3.63, 3.8) is 0 Å². The Kier molecular flexibility index (Phi) is 7.28. The lowest BCUT2D eigenvalue weighted by Gasteiger charge is -2.24. The number of carbonyl (C=O) groups is 1. The largest absolute Gasteiger partial charge is 0.383 e. The summed E-state index contributed by atoms with van der Waals surface area (Å²) in [6, 6.07) is 0.135. The molecule has 0 radical (unpaired) electrons. The Labute approximate surface area is 111 Å². The van der Waals surface area contributed by atoms with Gasteiger partial charge in [0.05, 0.1) is 12.6 Å². The van der Waals surface area contributed by atoms with Gasteiger partial charge in [0.15, 0.2) is 0 Å². The summed E-state index contributed by atoms with van der Waals surface area (Å²) in [5.41, 5.74) is 0. The number of amides is 1. The van der Waals surface area contributed by atoms with Gasteiger partial charge in [0, 0.05) is 13.5 Å². The Balaban J connectivity index is 2.22. The van der Waals surface area contributed by atoms with E-state index in [0.717, 1.165) is 25.4 Å². The van der Waals surface area contributed by atoms with Gasteiger partial charge in [-0.15, -0.1) is 0 Å². The Bertz CT molecular complexity index is 238. The molecule has 1 unspecified atom stereocenters. The molecule has 1 fully saturated rings. The van der Waals surface area contributed by atoms with Crippen LogP contribution < -0.4 is 10.6 Å².